The molecule has 0 amide bonds. The number of hydrogen-bond acceptors (Lipinski definition) is 3. The third kappa shape index (κ3) is 2.57. The summed E-state index contributed by atoms with van der Waals surface area (Å²) in [5.74, 6) is -0.0641. The van der Waals surface area contributed by atoms with Crippen molar-refractivity contribution in [3.05, 3.63) is 58.7 Å². The van der Waals surface area contributed by atoms with Gasteiger partial charge in [0.15, 0.2) is 11.6 Å². The smallest absolute Gasteiger partial charge is 0.186 e. The highest BCUT2D eigenvalue weighted by Crippen LogP contribution is 2.45. The molecule has 1 aromatic carbocycles. The molecule has 3 heteroatoms. The molecule has 2 aliphatic rings. The standard InChI is InChI=1S/C21H24O3/c1-12-5-10-19(24)21(3,4)16(12)11-14-6-7-15-17(22)8-9-18(23)20(15)13(14)2/h6-9,16,19,24H,1,5,10-11H2,2-4H3/t16-,19-/m1/s1. The minimum atomic E-state index is -0.350. The van der Waals surface area contributed by atoms with E-state index in [2.05, 4.69) is 20.4 Å². The Morgan fingerprint density at radius 1 is 1.21 bits per heavy atom. The van der Waals surface area contributed by atoms with Crippen LogP contribution in [0.3, 0.4) is 0 Å². The minimum Gasteiger partial charge on any atom is -0.393 e. The number of rotatable bonds is 2. The molecule has 0 heterocycles. The topological polar surface area (TPSA) is 54.4 Å². The van der Waals surface area contributed by atoms with E-state index in [-0.39, 0.29) is 29.0 Å². The van der Waals surface area contributed by atoms with E-state index < -0.39 is 0 Å². The molecule has 2 atom stereocenters. The largest absolute Gasteiger partial charge is 0.393 e. The summed E-state index contributed by atoms with van der Waals surface area (Å²) in [7, 11) is 0. The molecule has 0 aromatic heterocycles. The van der Waals surface area contributed by atoms with Crippen LogP contribution in [0.15, 0.2) is 36.4 Å². The highest BCUT2D eigenvalue weighted by atomic mass is 16.3. The molecule has 1 aromatic rings. The summed E-state index contributed by atoms with van der Waals surface area (Å²) in [6.45, 7) is 10.3. The second-order valence-corrected chi connectivity index (χ2v) is 7.62. The Morgan fingerprint density at radius 2 is 1.88 bits per heavy atom. The van der Waals surface area contributed by atoms with Crippen LogP contribution in [-0.4, -0.2) is 22.8 Å². The first-order valence-electron chi connectivity index (χ1n) is 8.48. The molecule has 1 saturated carbocycles. The van der Waals surface area contributed by atoms with Crippen molar-refractivity contribution in [1.29, 1.82) is 0 Å². The number of benzene rings is 1. The molecular weight excluding hydrogens is 300 g/mol. The lowest BCUT2D eigenvalue weighted by Gasteiger charge is -2.44. The second-order valence-electron chi connectivity index (χ2n) is 7.62. The maximum absolute atomic E-state index is 12.2. The van der Waals surface area contributed by atoms with Gasteiger partial charge in [0, 0.05) is 11.1 Å². The molecule has 0 spiro atoms. The number of carbonyl (C=O) groups is 2. The van der Waals surface area contributed by atoms with Gasteiger partial charge < -0.3 is 5.11 Å². The van der Waals surface area contributed by atoms with Crippen LogP contribution in [0.1, 0.15) is 58.5 Å². The Hall–Kier alpha value is -2.00. The normalized spacial score (nSPS) is 25.8. The zero-order valence-corrected chi connectivity index (χ0v) is 14.6. The van der Waals surface area contributed by atoms with E-state index in [4.69, 9.17) is 0 Å². The highest BCUT2D eigenvalue weighted by molar-refractivity contribution is 6.22. The molecule has 126 valence electrons. The molecule has 0 saturated heterocycles. The first-order chi connectivity index (χ1) is 11.2. The summed E-state index contributed by atoms with van der Waals surface area (Å²) in [6, 6.07) is 3.71. The Morgan fingerprint density at radius 3 is 2.58 bits per heavy atom. The number of carbonyl (C=O) groups excluding carboxylic acids is 2. The molecule has 0 aliphatic heterocycles. The predicted octanol–water partition coefficient (Wildman–Crippen LogP) is 3.83. The van der Waals surface area contributed by atoms with E-state index in [9.17, 15) is 14.7 Å². The van der Waals surface area contributed by atoms with Gasteiger partial charge in [0.25, 0.3) is 0 Å². The van der Waals surface area contributed by atoms with Gasteiger partial charge in [-0.1, -0.05) is 38.1 Å². The summed E-state index contributed by atoms with van der Waals surface area (Å²) in [5.41, 5.74) is 3.85. The van der Waals surface area contributed by atoms with Gasteiger partial charge in [0.2, 0.25) is 0 Å². The van der Waals surface area contributed by atoms with E-state index >= 15 is 0 Å². The van der Waals surface area contributed by atoms with Crippen molar-refractivity contribution in [3.63, 3.8) is 0 Å². The van der Waals surface area contributed by atoms with Gasteiger partial charge in [0.1, 0.15) is 0 Å². The SMILES string of the molecule is C=C1CC[C@@H](O)C(C)(C)[C@@H]1Cc1ccc2c(c1C)C(=O)C=CC2=O. The summed E-state index contributed by atoms with van der Waals surface area (Å²) in [4.78, 5) is 24.2. The maximum atomic E-state index is 12.2. The van der Waals surface area contributed by atoms with Crippen LogP contribution in [0.4, 0.5) is 0 Å². The fraction of sp³-hybridized carbons (Fsp3) is 0.429. The van der Waals surface area contributed by atoms with Gasteiger partial charge in [-0.05, 0) is 60.8 Å². The van der Waals surface area contributed by atoms with Crippen LogP contribution in [0.25, 0.3) is 0 Å². The maximum Gasteiger partial charge on any atom is 0.186 e. The van der Waals surface area contributed by atoms with Crippen molar-refractivity contribution in [1.82, 2.24) is 0 Å². The van der Waals surface area contributed by atoms with Crippen molar-refractivity contribution < 1.29 is 14.7 Å². The first-order valence-corrected chi connectivity index (χ1v) is 8.48. The average Bonchev–Trinajstić information content (AvgIpc) is 2.53. The molecule has 1 fully saturated rings. The average molecular weight is 324 g/mol. The van der Waals surface area contributed by atoms with Gasteiger partial charge in [-0.2, -0.15) is 0 Å². The number of aliphatic hydroxyl groups excluding tert-OH is 1. The number of allylic oxidation sites excluding steroid dienone is 3. The lowest BCUT2D eigenvalue weighted by Crippen LogP contribution is -2.42. The fourth-order valence-corrected chi connectivity index (χ4v) is 4.08. The van der Waals surface area contributed by atoms with Gasteiger partial charge in [-0.3, -0.25) is 9.59 Å². The number of fused-ring (bicyclic) bond motifs is 1. The van der Waals surface area contributed by atoms with Crippen LogP contribution in [0, 0.1) is 18.3 Å². The number of ketones is 2. The lowest BCUT2D eigenvalue weighted by molar-refractivity contribution is -0.00636. The second kappa shape index (κ2) is 5.82. The molecule has 3 rings (SSSR count). The highest BCUT2D eigenvalue weighted by Gasteiger charge is 2.41. The molecule has 0 radical (unpaired) electrons. The Kier molecular flexibility index (Phi) is 4.08. The molecule has 1 N–H and O–H groups in total. The first kappa shape index (κ1) is 16.8. The van der Waals surface area contributed by atoms with Gasteiger partial charge >= 0.3 is 0 Å². The Labute approximate surface area is 143 Å². The summed E-state index contributed by atoms with van der Waals surface area (Å²) >= 11 is 0. The van der Waals surface area contributed by atoms with Gasteiger partial charge in [0.05, 0.1) is 6.10 Å². The molecule has 0 unspecified atom stereocenters. The number of hydrogen-bond donors (Lipinski definition) is 1. The third-order valence-corrected chi connectivity index (χ3v) is 5.89. The van der Waals surface area contributed by atoms with Crippen LogP contribution < -0.4 is 0 Å². The van der Waals surface area contributed by atoms with Gasteiger partial charge in [-0.15, -0.1) is 0 Å². The zero-order chi connectivity index (χ0) is 17.6. The quantitative estimate of drug-likeness (QED) is 0.841. The van der Waals surface area contributed by atoms with Crippen LogP contribution in [0.2, 0.25) is 0 Å². The Balaban J connectivity index is 2.00. The van der Waals surface area contributed by atoms with Crippen LogP contribution in [0.5, 0.6) is 0 Å². The van der Waals surface area contributed by atoms with E-state index in [0.29, 0.717) is 11.1 Å². The summed E-state index contributed by atoms with van der Waals surface area (Å²) < 4.78 is 0. The van der Waals surface area contributed by atoms with E-state index in [1.54, 1.807) is 6.07 Å². The van der Waals surface area contributed by atoms with Crippen molar-refractivity contribution in [2.75, 3.05) is 0 Å². The lowest BCUT2D eigenvalue weighted by atomic mass is 9.63. The van der Waals surface area contributed by atoms with Crippen molar-refractivity contribution in [2.24, 2.45) is 11.3 Å². The van der Waals surface area contributed by atoms with E-state index in [1.807, 2.05) is 13.0 Å². The zero-order valence-electron chi connectivity index (χ0n) is 14.6. The van der Waals surface area contributed by atoms with Gasteiger partial charge in [-0.25, -0.2) is 0 Å². The predicted molar refractivity (Wildman–Crippen MR) is 94.3 cm³/mol. The summed E-state index contributed by atoms with van der Waals surface area (Å²) in [6.07, 6.45) is 4.66. The molecule has 3 nitrogen and oxygen atoms in total. The molecule has 24 heavy (non-hydrogen) atoms. The third-order valence-electron chi connectivity index (χ3n) is 5.89. The van der Waals surface area contributed by atoms with Crippen molar-refractivity contribution >= 4 is 11.6 Å². The van der Waals surface area contributed by atoms with Crippen LogP contribution in [-0.2, 0) is 6.42 Å². The fourth-order valence-electron chi connectivity index (χ4n) is 4.08. The van der Waals surface area contributed by atoms with Crippen molar-refractivity contribution in [3.8, 4) is 0 Å². The molecular formula is C21H24O3. The van der Waals surface area contributed by atoms with E-state index in [1.165, 1.54) is 12.2 Å². The van der Waals surface area contributed by atoms with E-state index in [0.717, 1.165) is 36.0 Å². The monoisotopic (exact) mass is 324 g/mol. The minimum absolute atomic E-state index is 0.106. The molecule has 2 aliphatic carbocycles. The van der Waals surface area contributed by atoms with Crippen LogP contribution >= 0.6 is 0 Å². The molecule has 0 bridgehead atoms. The Bertz CT molecular complexity index is 768. The number of aliphatic hydroxyl groups is 1. The summed E-state index contributed by atoms with van der Waals surface area (Å²) in [5, 5.41) is 10.4. The van der Waals surface area contributed by atoms with Crippen molar-refractivity contribution in [2.45, 2.75) is 46.1 Å².